The number of hydrogen-bond donors (Lipinski definition) is 1. The quantitative estimate of drug-likeness (QED) is 0.745. The lowest BCUT2D eigenvalue weighted by atomic mass is 9.56. The maximum absolute atomic E-state index is 11.7. The lowest BCUT2D eigenvalue weighted by Gasteiger charge is -2.48. The highest BCUT2D eigenvalue weighted by molar-refractivity contribution is 5.93. The number of aliphatic hydroxyl groups is 1. The highest BCUT2D eigenvalue weighted by Crippen LogP contribution is 2.61. The summed E-state index contributed by atoms with van der Waals surface area (Å²) in [7, 11) is 0. The van der Waals surface area contributed by atoms with Crippen molar-refractivity contribution in [2.45, 2.75) is 64.2 Å². The molecule has 23 heavy (non-hydrogen) atoms. The van der Waals surface area contributed by atoms with Crippen LogP contribution in [0, 0.1) is 29.1 Å². The highest BCUT2D eigenvalue weighted by Gasteiger charge is 2.50. The molecule has 0 heterocycles. The lowest BCUT2D eigenvalue weighted by molar-refractivity contribution is -0.114. The first-order chi connectivity index (χ1) is 11.2. The van der Waals surface area contributed by atoms with Crippen molar-refractivity contribution in [1.82, 2.24) is 0 Å². The molecule has 0 spiro atoms. The Balaban J connectivity index is 1.66. The Bertz CT molecular complexity index is 642. The Hall–Kier alpha value is -1.33. The fraction of sp³-hybridized carbons (Fsp3) is 0.667. The molecule has 0 saturated heterocycles. The molecule has 0 amide bonds. The van der Waals surface area contributed by atoms with E-state index in [1.165, 1.54) is 44.1 Å². The summed E-state index contributed by atoms with van der Waals surface area (Å²) in [6.07, 6.45) is 13.4. The predicted molar refractivity (Wildman–Crippen MR) is 90.6 cm³/mol. The lowest BCUT2D eigenvalue weighted by Crippen LogP contribution is -2.38. The number of hydrogen-bond acceptors (Lipinski definition) is 2. The van der Waals surface area contributed by atoms with Crippen molar-refractivity contribution in [2.75, 3.05) is 6.61 Å². The molecule has 0 aromatic heterocycles. The summed E-state index contributed by atoms with van der Waals surface area (Å²) in [4.78, 5) is 11.7. The van der Waals surface area contributed by atoms with Crippen molar-refractivity contribution in [3.05, 3.63) is 22.8 Å². The van der Waals surface area contributed by atoms with E-state index >= 15 is 0 Å². The average Bonchev–Trinajstić information content (AvgIpc) is 2.98. The Morgan fingerprint density at radius 1 is 1.13 bits per heavy atom. The van der Waals surface area contributed by atoms with Crippen LogP contribution in [0.25, 0.3) is 0 Å². The van der Waals surface area contributed by atoms with E-state index in [0.29, 0.717) is 17.6 Å². The molecular weight excluding hydrogens is 284 g/mol. The minimum atomic E-state index is -0.0122. The zero-order valence-electron chi connectivity index (χ0n) is 13.9. The molecule has 4 rings (SSSR count). The van der Waals surface area contributed by atoms with Gasteiger partial charge in [-0.3, -0.25) is 4.79 Å². The Labute approximate surface area is 139 Å². The van der Waals surface area contributed by atoms with E-state index in [2.05, 4.69) is 11.8 Å². The van der Waals surface area contributed by atoms with Crippen LogP contribution in [0.4, 0.5) is 0 Å². The fourth-order valence-corrected chi connectivity index (χ4v) is 5.93. The first-order valence-electron chi connectivity index (χ1n) is 9.26. The Morgan fingerprint density at radius 2 is 2.04 bits per heavy atom. The van der Waals surface area contributed by atoms with Crippen LogP contribution in [0.3, 0.4) is 0 Å². The van der Waals surface area contributed by atoms with Crippen molar-refractivity contribution in [2.24, 2.45) is 17.3 Å². The molecule has 4 aliphatic rings. The molecule has 2 saturated carbocycles. The molecule has 1 N–H and O–H groups in total. The van der Waals surface area contributed by atoms with Gasteiger partial charge in [-0.2, -0.15) is 0 Å². The van der Waals surface area contributed by atoms with Crippen LogP contribution in [-0.4, -0.2) is 17.5 Å². The van der Waals surface area contributed by atoms with E-state index in [1.54, 1.807) is 11.1 Å². The number of fused-ring (bicyclic) bond motifs is 4. The molecule has 122 valence electrons. The average molecular weight is 310 g/mol. The molecule has 0 unspecified atom stereocenters. The predicted octanol–water partition coefficient (Wildman–Crippen LogP) is 3.95. The molecule has 3 atom stereocenters. The molecule has 0 aromatic carbocycles. The van der Waals surface area contributed by atoms with Gasteiger partial charge in [0, 0.05) is 12.8 Å². The van der Waals surface area contributed by atoms with Gasteiger partial charge in [-0.05, 0) is 79.4 Å². The third kappa shape index (κ3) is 2.50. The van der Waals surface area contributed by atoms with E-state index in [0.717, 1.165) is 31.1 Å². The van der Waals surface area contributed by atoms with Gasteiger partial charge in [-0.25, -0.2) is 0 Å². The molecular formula is C21H26O2. The van der Waals surface area contributed by atoms with Crippen LogP contribution >= 0.6 is 0 Å². The van der Waals surface area contributed by atoms with Crippen molar-refractivity contribution >= 4 is 5.78 Å². The van der Waals surface area contributed by atoms with Crippen LogP contribution in [0.5, 0.6) is 0 Å². The van der Waals surface area contributed by atoms with E-state index in [1.807, 2.05) is 6.08 Å². The van der Waals surface area contributed by atoms with Crippen LogP contribution in [0.15, 0.2) is 22.8 Å². The molecule has 0 aromatic rings. The Kier molecular flexibility index (Phi) is 3.93. The third-order valence-electron chi connectivity index (χ3n) is 6.90. The summed E-state index contributed by atoms with van der Waals surface area (Å²) >= 11 is 0. The monoisotopic (exact) mass is 310 g/mol. The van der Waals surface area contributed by atoms with Gasteiger partial charge >= 0.3 is 0 Å². The zero-order valence-corrected chi connectivity index (χ0v) is 13.9. The summed E-state index contributed by atoms with van der Waals surface area (Å²) in [6, 6.07) is 0. The minimum Gasteiger partial charge on any atom is -0.384 e. The summed E-state index contributed by atoms with van der Waals surface area (Å²) in [5, 5.41) is 8.96. The SMILES string of the molecule is O=C1C=C2CC[C@@H]3C(=C2CC1)CC[C@]1(CC#CCO)CCC[C@@H]31. The molecule has 0 radical (unpaired) electrons. The largest absolute Gasteiger partial charge is 0.384 e. The van der Waals surface area contributed by atoms with Crippen LogP contribution in [-0.2, 0) is 4.79 Å². The van der Waals surface area contributed by atoms with Gasteiger partial charge in [0.05, 0.1) is 0 Å². The molecule has 2 heteroatoms. The molecule has 0 aliphatic heterocycles. The second kappa shape index (κ2) is 5.95. The van der Waals surface area contributed by atoms with Crippen molar-refractivity contribution in [1.29, 1.82) is 0 Å². The molecule has 2 fully saturated rings. The molecule has 0 bridgehead atoms. The van der Waals surface area contributed by atoms with E-state index in [-0.39, 0.29) is 6.61 Å². The maximum Gasteiger partial charge on any atom is 0.156 e. The molecule has 2 nitrogen and oxygen atoms in total. The Morgan fingerprint density at radius 3 is 2.91 bits per heavy atom. The van der Waals surface area contributed by atoms with Crippen molar-refractivity contribution < 1.29 is 9.90 Å². The second-order valence-corrected chi connectivity index (χ2v) is 7.83. The van der Waals surface area contributed by atoms with Crippen molar-refractivity contribution in [3.8, 4) is 11.8 Å². The first-order valence-corrected chi connectivity index (χ1v) is 9.26. The van der Waals surface area contributed by atoms with Crippen molar-refractivity contribution in [3.63, 3.8) is 0 Å². The van der Waals surface area contributed by atoms with Gasteiger partial charge in [0.25, 0.3) is 0 Å². The smallest absolute Gasteiger partial charge is 0.156 e. The zero-order chi connectivity index (χ0) is 15.9. The summed E-state index contributed by atoms with van der Waals surface area (Å²) in [5.74, 6) is 7.97. The number of aliphatic hydroxyl groups excluding tert-OH is 1. The number of ketones is 1. The number of rotatable bonds is 1. The highest BCUT2D eigenvalue weighted by atomic mass is 16.2. The summed E-state index contributed by atoms with van der Waals surface area (Å²) in [5.41, 5.74) is 5.02. The fourth-order valence-electron chi connectivity index (χ4n) is 5.93. The van der Waals surface area contributed by atoms with Gasteiger partial charge in [-0.1, -0.05) is 17.9 Å². The van der Waals surface area contributed by atoms with E-state index in [9.17, 15) is 4.79 Å². The normalized spacial score (nSPS) is 35.7. The van der Waals surface area contributed by atoms with Gasteiger partial charge in [-0.15, -0.1) is 5.92 Å². The first kappa shape index (κ1) is 15.2. The van der Waals surface area contributed by atoms with E-state index < -0.39 is 0 Å². The van der Waals surface area contributed by atoms with Crippen LogP contribution < -0.4 is 0 Å². The standard InChI is InChI=1S/C21H26O2/c22-13-2-1-10-21-11-3-4-20(21)19-7-5-15-14-16(23)6-8-17(15)18(19)9-12-21/h14,19-20,22H,3-13H2/t19-,20+,21+/m1/s1. The summed E-state index contributed by atoms with van der Waals surface area (Å²) < 4.78 is 0. The van der Waals surface area contributed by atoms with Crippen LogP contribution in [0.2, 0.25) is 0 Å². The second-order valence-electron chi connectivity index (χ2n) is 7.83. The maximum atomic E-state index is 11.7. The number of allylic oxidation sites excluding steroid dienone is 4. The van der Waals surface area contributed by atoms with Gasteiger partial charge in [0.15, 0.2) is 5.78 Å². The minimum absolute atomic E-state index is 0.0122. The summed E-state index contributed by atoms with van der Waals surface area (Å²) in [6.45, 7) is -0.0122. The topological polar surface area (TPSA) is 37.3 Å². The molecule has 4 aliphatic carbocycles. The number of carbonyl (C=O) groups is 1. The van der Waals surface area contributed by atoms with E-state index in [4.69, 9.17) is 5.11 Å². The number of carbonyl (C=O) groups excluding carboxylic acids is 1. The third-order valence-corrected chi connectivity index (χ3v) is 6.90. The van der Waals surface area contributed by atoms with Crippen LogP contribution in [0.1, 0.15) is 64.2 Å². The van der Waals surface area contributed by atoms with Gasteiger partial charge in [0.1, 0.15) is 6.61 Å². The van der Waals surface area contributed by atoms with Gasteiger partial charge < -0.3 is 5.11 Å². The van der Waals surface area contributed by atoms with Gasteiger partial charge in [0.2, 0.25) is 0 Å².